The highest BCUT2D eigenvalue weighted by Gasteiger charge is 2.28. The van der Waals surface area contributed by atoms with Gasteiger partial charge in [0.05, 0.1) is 0 Å². The highest BCUT2D eigenvalue weighted by molar-refractivity contribution is 5.87. The van der Waals surface area contributed by atoms with Gasteiger partial charge in [-0.05, 0) is 18.6 Å². The van der Waals surface area contributed by atoms with Gasteiger partial charge in [-0.2, -0.15) is 0 Å². The van der Waals surface area contributed by atoms with E-state index in [9.17, 15) is 9.59 Å². The van der Waals surface area contributed by atoms with E-state index >= 15 is 0 Å². The molecule has 1 amide bonds. The number of ether oxygens (including phenoxy) is 2. The number of carbonyl (C=O) groups is 2. The number of amides is 1. The van der Waals surface area contributed by atoms with Crippen molar-refractivity contribution in [3.63, 3.8) is 0 Å². The quantitative estimate of drug-likeness (QED) is 0.621. The summed E-state index contributed by atoms with van der Waals surface area (Å²) in [6.45, 7) is 0.483. The van der Waals surface area contributed by atoms with E-state index in [1.807, 2.05) is 30.3 Å². The standard InChI is InChI=1S/C13H15NO4/c15-12-7-6-11(14-12)13(16)18-9-8-17-10-4-2-1-3-5-10/h1-5,11H,6-9H2,(H,14,15). The molecule has 1 heterocycles. The monoisotopic (exact) mass is 249 g/mol. The van der Waals surface area contributed by atoms with E-state index in [-0.39, 0.29) is 12.5 Å². The van der Waals surface area contributed by atoms with Gasteiger partial charge in [0, 0.05) is 6.42 Å². The average molecular weight is 249 g/mol. The lowest BCUT2D eigenvalue weighted by Gasteiger charge is -2.10. The van der Waals surface area contributed by atoms with E-state index in [0.717, 1.165) is 5.75 Å². The Kier molecular flexibility index (Phi) is 4.17. The molecule has 1 aliphatic rings. The fourth-order valence-corrected chi connectivity index (χ4v) is 1.71. The maximum atomic E-state index is 11.5. The zero-order chi connectivity index (χ0) is 12.8. The third-order valence-corrected chi connectivity index (χ3v) is 2.62. The Morgan fingerprint density at radius 1 is 1.28 bits per heavy atom. The summed E-state index contributed by atoms with van der Waals surface area (Å²) in [5.74, 6) is 0.248. The summed E-state index contributed by atoms with van der Waals surface area (Å²) >= 11 is 0. The highest BCUT2D eigenvalue weighted by atomic mass is 16.6. The molecule has 1 saturated heterocycles. The predicted molar refractivity (Wildman–Crippen MR) is 64.1 cm³/mol. The van der Waals surface area contributed by atoms with Crippen molar-refractivity contribution >= 4 is 11.9 Å². The van der Waals surface area contributed by atoms with E-state index in [0.29, 0.717) is 19.4 Å². The number of para-hydroxylation sites is 1. The number of benzene rings is 1. The lowest BCUT2D eigenvalue weighted by atomic mass is 10.2. The molecule has 5 heteroatoms. The van der Waals surface area contributed by atoms with Crippen molar-refractivity contribution in [3.8, 4) is 5.75 Å². The molecule has 1 N–H and O–H groups in total. The van der Waals surface area contributed by atoms with E-state index < -0.39 is 12.0 Å². The molecule has 0 bridgehead atoms. The molecular weight excluding hydrogens is 234 g/mol. The fraction of sp³-hybridized carbons (Fsp3) is 0.385. The summed E-state index contributed by atoms with van der Waals surface area (Å²) in [7, 11) is 0. The number of nitrogens with one attached hydrogen (secondary N) is 1. The maximum absolute atomic E-state index is 11.5. The summed E-state index contributed by atoms with van der Waals surface area (Å²) in [5.41, 5.74) is 0. The van der Waals surface area contributed by atoms with Gasteiger partial charge >= 0.3 is 5.97 Å². The molecular formula is C13H15NO4. The van der Waals surface area contributed by atoms with Gasteiger partial charge in [-0.3, -0.25) is 4.79 Å². The lowest BCUT2D eigenvalue weighted by Crippen LogP contribution is -2.35. The van der Waals surface area contributed by atoms with Gasteiger partial charge in [0.2, 0.25) is 5.91 Å². The zero-order valence-corrected chi connectivity index (χ0v) is 9.93. The van der Waals surface area contributed by atoms with E-state index in [1.165, 1.54) is 0 Å². The molecule has 1 unspecified atom stereocenters. The Morgan fingerprint density at radius 3 is 2.72 bits per heavy atom. The third kappa shape index (κ3) is 3.48. The van der Waals surface area contributed by atoms with Crippen LogP contribution in [0.3, 0.4) is 0 Å². The topological polar surface area (TPSA) is 64.6 Å². The Balaban J connectivity index is 1.63. The number of esters is 1. The van der Waals surface area contributed by atoms with Crippen LogP contribution >= 0.6 is 0 Å². The lowest BCUT2D eigenvalue weighted by molar-refractivity contribution is -0.147. The van der Waals surface area contributed by atoms with Crippen molar-refractivity contribution in [1.29, 1.82) is 0 Å². The molecule has 1 atom stereocenters. The molecule has 18 heavy (non-hydrogen) atoms. The maximum Gasteiger partial charge on any atom is 0.328 e. The fourth-order valence-electron chi connectivity index (χ4n) is 1.71. The van der Waals surface area contributed by atoms with Gasteiger partial charge < -0.3 is 14.8 Å². The third-order valence-electron chi connectivity index (χ3n) is 2.62. The van der Waals surface area contributed by atoms with Gasteiger partial charge in [0.15, 0.2) is 0 Å². The number of carbonyl (C=O) groups excluding carboxylic acids is 2. The Labute approximate surface area is 105 Å². The van der Waals surface area contributed by atoms with Crippen LogP contribution in [-0.2, 0) is 14.3 Å². The molecule has 96 valence electrons. The first-order valence-electron chi connectivity index (χ1n) is 5.89. The molecule has 0 aromatic heterocycles. The van der Waals surface area contributed by atoms with Gasteiger partial charge in [-0.15, -0.1) is 0 Å². The predicted octanol–water partition coefficient (Wildman–Crippen LogP) is 0.887. The molecule has 1 aromatic carbocycles. The zero-order valence-electron chi connectivity index (χ0n) is 9.93. The Morgan fingerprint density at radius 2 is 2.06 bits per heavy atom. The van der Waals surface area contributed by atoms with Gasteiger partial charge in [0.1, 0.15) is 25.0 Å². The van der Waals surface area contributed by atoms with Crippen molar-refractivity contribution in [3.05, 3.63) is 30.3 Å². The van der Waals surface area contributed by atoms with Crippen molar-refractivity contribution in [2.75, 3.05) is 13.2 Å². The smallest absolute Gasteiger partial charge is 0.328 e. The first-order chi connectivity index (χ1) is 8.75. The van der Waals surface area contributed by atoms with Gasteiger partial charge in [-0.1, -0.05) is 18.2 Å². The summed E-state index contributed by atoms with van der Waals surface area (Å²) in [5, 5.41) is 2.56. The number of hydrogen-bond acceptors (Lipinski definition) is 4. The number of rotatable bonds is 5. The van der Waals surface area contributed by atoms with Crippen LogP contribution < -0.4 is 10.1 Å². The van der Waals surface area contributed by atoms with E-state index in [1.54, 1.807) is 0 Å². The Bertz CT molecular complexity index is 418. The minimum atomic E-state index is -0.491. The van der Waals surface area contributed by atoms with Gasteiger partial charge in [-0.25, -0.2) is 4.79 Å². The van der Waals surface area contributed by atoms with Crippen molar-refractivity contribution in [2.45, 2.75) is 18.9 Å². The van der Waals surface area contributed by atoms with Crippen LogP contribution in [0.1, 0.15) is 12.8 Å². The van der Waals surface area contributed by atoms with E-state index in [4.69, 9.17) is 9.47 Å². The molecule has 1 aromatic rings. The van der Waals surface area contributed by atoms with Crippen LogP contribution in [0.15, 0.2) is 30.3 Å². The first-order valence-corrected chi connectivity index (χ1v) is 5.89. The molecule has 0 saturated carbocycles. The van der Waals surface area contributed by atoms with Crippen LogP contribution in [0.25, 0.3) is 0 Å². The highest BCUT2D eigenvalue weighted by Crippen LogP contribution is 2.09. The molecule has 1 aliphatic heterocycles. The normalized spacial score (nSPS) is 18.2. The van der Waals surface area contributed by atoms with E-state index in [2.05, 4.69) is 5.32 Å². The van der Waals surface area contributed by atoms with Crippen LogP contribution in [0, 0.1) is 0 Å². The van der Waals surface area contributed by atoms with Crippen LogP contribution in [0.5, 0.6) is 5.75 Å². The minimum absolute atomic E-state index is 0.0996. The first kappa shape index (κ1) is 12.4. The van der Waals surface area contributed by atoms with Crippen molar-refractivity contribution < 1.29 is 19.1 Å². The van der Waals surface area contributed by atoms with Crippen molar-refractivity contribution in [1.82, 2.24) is 5.32 Å². The SMILES string of the molecule is O=C1CCC(C(=O)OCCOc2ccccc2)N1. The summed E-state index contributed by atoms with van der Waals surface area (Å²) < 4.78 is 10.4. The Hall–Kier alpha value is -2.04. The molecule has 0 spiro atoms. The largest absolute Gasteiger partial charge is 0.490 e. The molecule has 1 fully saturated rings. The average Bonchev–Trinajstić information content (AvgIpc) is 2.82. The number of hydrogen-bond donors (Lipinski definition) is 1. The molecule has 2 rings (SSSR count). The molecule has 0 radical (unpaired) electrons. The second kappa shape index (κ2) is 6.05. The van der Waals surface area contributed by atoms with Crippen LogP contribution in [-0.4, -0.2) is 31.1 Å². The summed E-state index contributed by atoms with van der Waals surface area (Å²) in [4.78, 5) is 22.4. The summed E-state index contributed by atoms with van der Waals surface area (Å²) in [6.07, 6.45) is 0.900. The van der Waals surface area contributed by atoms with Gasteiger partial charge in [0.25, 0.3) is 0 Å². The summed E-state index contributed by atoms with van der Waals surface area (Å²) in [6, 6.07) is 8.81. The van der Waals surface area contributed by atoms with Crippen LogP contribution in [0.4, 0.5) is 0 Å². The molecule has 5 nitrogen and oxygen atoms in total. The minimum Gasteiger partial charge on any atom is -0.490 e. The van der Waals surface area contributed by atoms with Crippen molar-refractivity contribution in [2.24, 2.45) is 0 Å². The second-order valence-corrected chi connectivity index (χ2v) is 3.99. The molecule has 0 aliphatic carbocycles. The second-order valence-electron chi connectivity index (χ2n) is 3.99. The van der Waals surface area contributed by atoms with Crippen LogP contribution in [0.2, 0.25) is 0 Å².